The molecule has 2 N–H and O–H groups in total. The molecule has 0 rings (SSSR count). The summed E-state index contributed by atoms with van der Waals surface area (Å²) in [7, 11) is 0. The zero-order chi connectivity index (χ0) is 17.7. The predicted molar refractivity (Wildman–Crippen MR) is 93.6 cm³/mol. The molecule has 0 heterocycles. The van der Waals surface area contributed by atoms with Gasteiger partial charge in [0.25, 0.3) is 0 Å². The van der Waals surface area contributed by atoms with Crippen LogP contribution >= 0.6 is 0 Å². The first-order chi connectivity index (χ1) is 10.9. The first kappa shape index (κ1) is 21.9. The summed E-state index contributed by atoms with van der Waals surface area (Å²) >= 11 is 0. The molecule has 0 aromatic heterocycles. The lowest BCUT2D eigenvalue weighted by Crippen LogP contribution is -2.23. The topological polar surface area (TPSA) is 74.6 Å². The highest BCUT2D eigenvalue weighted by molar-refractivity contribution is 5.92. The molecule has 0 aromatic rings. The van der Waals surface area contributed by atoms with Crippen LogP contribution in [0.3, 0.4) is 0 Å². The van der Waals surface area contributed by atoms with Gasteiger partial charge < -0.3 is 10.2 Å². The molecule has 0 unspecified atom stereocenters. The number of rotatable bonds is 15. The number of carboxylic acid groups (broad SMARTS) is 2. The monoisotopic (exact) mass is 328 g/mol. The lowest BCUT2D eigenvalue weighted by Gasteiger charge is -2.34. The van der Waals surface area contributed by atoms with Crippen LogP contribution in [0.1, 0.15) is 97.8 Å². The number of unbranched alkanes of at least 4 members (excludes halogenated alkanes) is 3. The molecular weight excluding hydrogens is 292 g/mol. The largest absolute Gasteiger partial charge is 0.481 e. The van der Waals surface area contributed by atoms with Crippen LogP contribution in [-0.4, -0.2) is 22.2 Å². The maximum absolute atomic E-state index is 10.8. The van der Waals surface area contributed by atoms with Crippen LogP contribution in [0.15, 0.2) is 0 Å². The summed E-state index contributed by atoms with van der Waals surface area (Å²) in [6.45, 7) is 6.79. The molecule has 0 atom stereocenters. The number of aliphatic carboxylic acids is 2. The van der Waals surface area contributed by atoms with Crippen molar-refractivity contribution in [2.45, 2.75) is 97.8 Å². The van der Waals surface area contributed by atoms with E-state index in [-0.39, 0.29) is 6.42 Å². The molecule has 0 bridgehead atoms. The van der Waals surface area contributed by atoms with Gasteiger partial charge in [-0.3, -0.25) is 9.59 Å². The zero-order valence-electron chi connectivity index (χ0n) is 15.3. The highest BCUT2D eigenvalue weighted by atomic mass is 16.4. The molecular formula is C19H36O4. The van der Waals surface area contributed by atoms with Gasteiger partial charge in [-0.15, -0.1) is 0 Å². The maximum atomic E-state index is 10.8. The van der Waals surface area contributed by atoms with Crippen LogP contribution in [0, 0.1) is 11.3 Å². The van der Waals surface area contributed by atoms with Gasteiger partial charge >= 0.3 is 11.9 Å². The molecule has 0 aliphatic heterocycles. The van der Waals surface area contributed by atoms with E-state index < -0.39 is 17.9 Å². The number of carboxylic acids is 2. The highest BCUT2D eigenvalue weighted by Crippen LogP contribution is 2.40. The first-order valence-electron chi connectivity index (χ1n) is 9.38. The summed E-state index contributed by atoms with van der Waals surface area (Å²) in [6.07, 6.45) is 13.0. The van der Waals surface area contributed by atoms with Crippen molar-refractivity contribution in [1.29, 1.82) is 0 Å². The van der Waals surface area contributed by atoms with Gasteiger partial charge in [-0.2, -0.15) is 0 Å². The molecule has 0 spiro atoms. The second kappa shape index (κ2) is 12.4. The molecule has 4 heteroatoms. The van der Waals surface area contributed by atoms with Crippen molar-refractivity contribution < 1.29 is 19.8 Å². The van der Waals surface area contributed by atoms with E-state index in [9.17, 15) is 9.59 Å². The third kappa shape index (κ3) is 8.97. The van der Waals surface area contributed by atoms with E-state index >= 15 is 0 Å². The molecule has 23 heavy (non-hydrogen) atoms. The molecule has 136 valence electrons. The second-order valence-electron chi connectivity index (χ2n) is 6.93. The quantitative estimate of drug-likeness (QED) is 0.307. The van der Waals surface area contributed by atoms with Gasteiger partial charge in [0.1, 0.15) is 0 Å². The van der Waals surface area contributed by atoms with E-state index in [0.717, 1.165) is 12.8 Å². The fourth-order valence-corrected chi connectivity index (χ4v) is 3.90. The Morgan fingerprint density at radius 1 is 0.739 bits per heavy atom. The smallest absolute Gasteiger partial charge is 0.317 e. The zero-order valence-corrected chi connectivity index (χ0v) is 15.3. The van der Waals surface area contributed by atoms with Crippen molar-refractivity contribution in [2.24, 2.45) is 11.3 Å². The summed E-state index contributed by atoms with van der Waals surface area (Å²) in [4.78, 5) is 21.7. The molecule has 0 aromatic carbocycles. The van der Waals surface area contributed by atoms with Crippen molar-refractivity contribution in [3.05, 3.63) is 0 Å². The van der Waals surface area contributed by atoms with Crippen molar-refractivity contribution in [2.75, 3.05) is 0 Å². The van der Waals surface area contributed by atoms with E-state index in [4.69, 9.17) is 10.2 Å². The van der Waals surface area contributed by atoms with E-state index in [1.54, 1.807) is 0 Å². The van der Waals surface area contributed by atoms with Crippen molar-refractivity contribution >= 4 is 11.9 Å². The summed E-state index contributed by atoms with van der Waals surface area (Å²) in [5.74, 6) is -3.68. The van der Waals surface area contributed by atoms with Gasteiger partial charge in [-0.25, -0.2) is 0 Å². The second-order valence-corrected chi connectivity index (χ2v) is 6.93. The fraction of sp³-hybridized carbons (Fsp3) is 0.895. The Morgan fingerprint density at radius 3 is 1.57 bits per heavy atom. The van der Waals surface area contributed by atoms with Gasteiger partial charge in [0.2, 0.25) is 0 Å². The van der Waals surface area contributed by atoms with E-state index in [2.05, 4.69) is 20.8 Å². The Hall–Kier alpha value is -1.06. The van der Waals surface area contributed by atoms with Crippen LogP contribution in [0.4, 0.5) is 0 Å². The third-order valence-electron chi connectivity index (χ3n) is 4.89. The molecule has 0 aliphatic carbocycles. The average Bonchev–Trinajstić information content (AvgIpc) is 2.46. The third-order valence-corrected chi connectivity index (χ3v) is 4.89. The van der Waals surface area contributed by atoms with Crippen molar-refractivity contribution in [1.82, 2.24) is 0 Å². The Kier molecular flexibility index (Phi) is 11.8. The summed E-state index contributed by atoms with van der Waals surface area (Å²) in [5.41, 5.74) is 0.489. The Balaban J connectivity index is 4.15. The maximum Gasteiger partial charge on any atom is 0.317 e. The predicted octanol–water partition coefficient (Wildman–Crippen LogP) is 5.50. The molecule has 0 saturated heterocycles. The fourth-order valence-electron chi connectivity index (χ4n) is 3.90. The van der Waals surface area contributed by atoms with E-state index in [0.29, 0.717) is 11.8 Å². The molecule has 0 fully saturated rings. The molecule has 0 amide bonds. The van der Waals surface area contributed by atoms with Crippen LogP contribution in [0.25, 0.3) is 0 Å². The lowest BCUT2D eigenvalue weighted by molar-refractivity contribution is -0.154. The number of carbonyl (C=O) groups is 2. The SMILES string of the molecule is CCCC(CCC)(CCC)CCCCCCC(C(=O)O)C(=O)O. The van der Waals surface area contributed by atoms with Gasteiger partial charge in [-0.05, 0) is 37.5 Å². The molecule has 4 nitrogen and oxygen atoms in total. The van der Waals surface area contributed by atoms with Crippen molar-refractivity contribution in [3.8, 4) is 0 Å². The minimum atomic E-state index is -1.24. The van der Waals surface area contributed by atoms with Crippen LogP contribution < -0.4 is 0 Å². The highest BCUT2D eigenvalue weighted by Gasteiger charge is 2.27. The number of hydrogen-bond acceptors (Lipinski definition) is 2. The van der Waals surface area contributed by atoms with Crippen molar-refractivity contribution in [3.63, 3.8) is 0 Å². The Morgan fingerprint density at radius 2 is 1.17 bits per heavy atom. The van der Waals surface area contributed by atoms with Crippen LogP contribution in [0.5, 0.6) is 0 Å². The average molecular weight is 328 g/mol. The first-order valence-corrected chi connectivity index (χ1v) is 9.38. The summed E-state index contributed by atoms with van der Waals surface area (Å²) in [6, 6.07) is 0. The van der Waals surface area contributed by atoms with Gasteiger partial charge in [0.15, 0.2) is 5.92 Å². The molecule has 0 saturated carbocycles. The lowest BCUT2D eigenvalue weighted by atomic mass is 9.72. The summed E-state index contributed by atoms with van der Waals surface area (Å²) in [5, 5.41) is 17.7. The van der Waals surface area contributed by atoms with Gasteiger partial charge in [0, 0.05) is 0 Å². The minimum Gasteiger partial charge on any atom is -0.481 e. The Labute approximate surface area is 141 Å². The standard InChI is InChI=1S/C19H36O4/c1-4-12-19(13-5-2,14-6-3)15-10-8-7-9-11-16(17(20)21)18(22)23/h16H,4-15H2,1-3H3,(H,20,21)(H,22,23). The van der Waals surface area contributed by atoms with Gasteiger partial charge in [-0.1, -0.05) is 65.7 Å². The van der Waals surface area contributed by atoms with Crippen LogP contribution in [0.2, 0.25) is 0 Å². The number of hydrogen-bond donors (Lipinski definition) is 2. The van der Waals surface area contributed by atoms with Gasteiger partial charge in [0.05, 0.1) is 0 Å². The summed E-state index contributed by atoms with van der Waals surface area (Å²) < 4.78 is 0. The van der Waals surface area contributed by atoms with Crippen LogP contribution in [-0.2, 0) is 9.59 Å². The molecule has 0 radical (unpaired) electrons. The molecule has 0 aliphatic rings. The van der Waals surface area contributed by atoms with E-state index in [1.807, 2.05) is 0 Å². The normalized spacial score (nSPS) is 11.8. The Bertz CT molecular complexity index is 307. The minimum absolute atomic E-state index is 0.245. The van der Waals surface area contributed by atoms with E-state index in [1.165, 1.54) is 51.4 Å².